The highest BCUT2D eigenvalue weighted by atomic mass is 79.9. The predicted octanol–water partition coefficient (Wildman–Crippen LogP) is 6.19. The first-order valence-electron chi connectivity index (χ1n) is 12.4. The molecule has 1 N–H and O–H groups in total. The van der Waals surface area contributed by atoms with Gasteiger partial charge < -0.3 is 19.7 Å². The maximum atomic E-state index is 11.4. The molecule has 5 nitrogen and oxygen atoms in total. The topological polar surface area (TPSA) is 50.8 Å². The smallest absolute Gasteiger partial charge is 0.407 e. The van der Waals surface area contributed by atoms with Crippen LogP contribution in [0, 0.1) is 11.8 Å². The molecule has 0 aromatic heterocycles. The molecule has 1 aliphatic heterocycles. The van der Waals surface area contributed by atoms with Crippen LogP contribution in [0.5, 0.6) is 5.75 Å². The summed E-state index contributed by atoms with van der Waals surface area (Å²) in [7, 11) is 1.43. The van der Waals surface area contributed by atoms with E-state index in [0.29, 0.717) is 6.04 Å². The van der Waals surface area contributed by atoms with Gasteiger partial charge >= 0.3 is 6.09 Å². The molecule has 1 saturated carbocycles. The van der Waals surface area contributed by atoms with Gasteiger partial charge in [-0.2, -0.15) is 0 Å². The molecule has 1 aliphatic carbocycles. The van der Waals surface area contributed by atoms with Crippen molar-refractivity contribution in [3.63, 3.8) is 0 Å². The fourth-order valence-electron chi connectivity index (χ4n) is 5.20. The Bertz CT molecular complexity index is 711. The zero-order valence-corrected chi connectivity index (χ0v) is 21.7. The normalized spacial score (nSPS) is 22.7. The first-order valence-corrected chi connectivity index (χ1v) is 13.2. The third-order valence-electron chi connectivity index (χ3n) is 7.05. The third-order valence-corrected chi connectivity index (χ3v) is 7.82. The summed E-state index contributed by atoms with van der Waals surface area (Å²) in [4.78, 5) is 14.0. The van der Waals surface area contributed by atoms with E-state index < -0.39 is 0 Å². The average Bonchev–Trinajstić information content (AvgIpc) is 2.78. The van der Waals surface area contributed by atoms with Crippen molar-refractivity contribution >= 4 is 22.0 Å². The van der Waals surface area contributed by atoms with Crippen molar-refractivity contribution in [1.29, 1.82) is 0 Å². The molecule has 2 aliphatic rings. The van der Waals surface area contributed by atoms with E-state index in [4.69, 9.17) is 9.47 Å². The van der Waals surface area contributed by atoms with Crippen LogP contribution in [0.2, 0.25) is 0 Å². The van der Waals surface area contributed by atoms with E-state index in [2.05, 4.69) is 58.2 Å². The van der Waals surface area contributed by atoms with Crippen LogP contribution in [0.3, 0.4) is 0 Å². The molecule has 0 unspecified atom stereocenters. The van der Waals surface area contributed by atoms with E-state index in [1.807, 2.05) is 0 Å². The summed E-state index contributed by atoms with van der Waals surface area (Å²) in [6, 6.07) is 6.70. The molecule has 32 heavy (non-hydrogen) atoms. The quantitative estimate of drug-likeness (QED) is 0.432. The Hall–Kier alpha value is -1.27. The third kappa shape index (κ3) is 8.26. The van der Waals surface area contributed by atoms with Gasteiger partial charge in [0.1, 0.15) is 5.75 Å². The van der Waals surface area contributed by atoms with Gasteiger partial charge in [0, 0.05) is 10.5 Å². The minimum atomic E-state index is -0.291. The van der Waals surface area contributed by atoms with Crippen molar-refractivity contribution in [1.82, 2.24) is 10.2 Å². The molecule has 1 amide bonds. The van der Waals surface area contributed by atoms with Crippen molar-refractivity contribution in [3.8, 4) is 5.75 Å². The predicted molar refractivity (Wildman–Crippen MR) is 133 cm³/mol. The van der Waals surface area contributed by atoms with E-state index in [1.54, 1.807) is 0 Å². The minimum Gasteiger partial charge on any atom is -0.491 e. The monoisotopic (exact) mass is 508 g/mol. The van der Waals surface area contributed by atoms with Crippen molar-refractivity contribution in [2.75, 3.05) is 26.7 Å². The number of carbonyl (C=O) groups excluding carboxylic acids is 1. The zero-order chi connectivity index (χ0) is 22.9. The number of alkyl carbamates (subject to hydrolysis) is 1. The number of amides is 1. The zero-order valence-electron chi connectivity index (χ0n) is 20.1. The number of ether oxygens (including phenoxy) is 2. The van der Waals surface area contributed by atoms with Crippen LogP contribution in [0.25, 0.3) is 0 Å². The summed E-state index contributed by atoms with van der Waals surface area (Å²) in [5, 5.41) is 2.95. The van der Waals surface area contributed by atoms with E-state index in [9.17, 15) is 4.79 Å². The second-order valence-electron chi connectivity index (χ2n) is 9.90. The summed E-state index contributed by atoms with van der Waals surface area (Å²) < 4.78 is 11.8. The van der Waals surface area contributed by atoms with Crippen LogP contribution in [0.4, 0.5) is 4.79 Å². The molecule has 0 bridgehead atoms. The fourth-order valence-corrected chi connectivity index (χ4v) is 5.61. The average molecular weight is 510 g/mol. The van der Waals surface area contributed by atoms with Crippen LogP contribution in [0.15, 0.2) is 22.7 Å². The molecule has 2 fully saturated rings. The molecular formula is C26H41BrN2O3. The van der Waals surface area contributed by atoms with Crippen LogP contribution in [-0.4, -0.2) is 49.9 Å². The summed E-state index contributed by atoms with van der Waals surface area (Å²) >= 11 is 3.73. The minimum absolute atomic E-state index is 0.207. The van der Waals surface area contributed by atoms with Gasteiger partial charge in [-0.3, -0.25) is 0 Å². The molecule has 0 atom stereocenters. The van der Waals surface area contributed by atoms with Crippen molar-refractivity contribution in [2.45, 2.75) is 83.8 Å². The first kappa shape index (κ1) is 25.4. The highest BCUT2D eigenvalue weighted by Gasteiger charge is 2.24. The van der Waals surface area contributed by atoms with Crippen LogP contribution >= 0.6 is 15.9 Å². The molecule has 1 saturated heterocycles. The maximum Gasteiger partial charge on any atom is 0.407 e. The summed E-state index contributed by atoms with van der Waals surface area (Å²) in [5.74, 6) is 2.56. The van der Waals surface area contributed by atoms with Gasteiger partial charge in [-0.15, -0.1) is 0 Å². The van der Waals surface area contributed by atoms with Crippen molar-refractivity contribution in [3.05, 3.63) is 28.2 Å². The van der Waals surface area contributed by atoms with E-state index in [-0.39, 0.29) is 12.2 Å². The second-order valence-corrected chi connectivity index (χ2v) is 10.8. The Morgan fingerprint density at radius 1 is 1.12 bits per heavy atom. The Morgan fingerprint density at radius 3 is 2.50 bits per heavy atom. The Morgan fingerprint density at radius 2 is 1.84 bits per heavy atom. The van der Waals surface area contributed by atoms with Gasteiger partial charge in [0.15, 0.2) is 0 Å². The molecule has 1 heterocycles. The standard InChI is InChI=1S/C26H41BrN2O3/c1-19(2)32-24-10-11-25(27)22(18-24)17-21-12-15-29(16-13-21)14-4-5-20-6-8-23(9-7-20)28-26(30)31-3/h10-11,18-21,23H,4-9,12-17H2,1-3H3,(H,28,30). The Labute approximate surface area is 202 Å². The first-order chi connectivity index (χ1) is 15.4. The van der Waals surface area contributed by atoms with Gasteiger partial charge in [0.2, 0.25) is 0 Å². The fraction of sp³-hybridized carbons (Fsp3) is 0.731. The molecule has 180 valence electrons. The second kappa shape index (κ2) is 12.8. The van der Waals surface area contributed by atoms with Crippen LogP contribution < -0.4 is 10.1 Å². The Balaban J connectivity index is 1.32. The van der Waals surface area contributed by atoms with Gasteiger partial charge in [-0.1, -0.05) is 15.9 Å². The molecule has 3 rings (SSSR count). The number of hydrogen-bond acceptors (Lipinski definition) is 4. The van der Waals surface area contributed by atoms with Crippen LogP contribution in [-0.2, 0) is 11.2 Å². The van der Waals surface area contributed by atoms with Gasteiger partial charge in [0.25, 0.3) is 0 Å². The van der Waals surface area contributed by atoms with Crippen molar-refractivity contribution < 1.29 is 14.3 Å². The highest BCUT2D eigenvalue weighted by molar-refractivity contribution is 9.10. The summed E-state index contributed by atoms with van der Waals surface area (Å²) in [6.45, 7) is 7.82. The number of benzene rings is 1. The maximum absolute atomic E-state index is 11.4. The Kier molecular flexibility index (Phi) is 10.2. The highest BCUT2D eigenvalue weighted by Crippen LogP contribution is 2.30. The number of carbonyl (C=O) groups is 1. The number of piperidine rings is 1. The molecule has 1 aromatic carbocycles. The number of halogens is 1. The molecule has 0 radical (unpaired) electrons. The van der Waals surface area contributed by atoms with E-state index >= 15 is 0 Å². The molecule has 0 spiro atoms. The molecule has 1 aromatic rings. The van der Waals surface area contributed by atoms with E-state index in [0.717, 1.165) is 36.8 Å². The lowest BCUT2D eigenvalue weighted by Crippen LogP contribution is -2.37. The summed E-state index contributed by atoms with van der Waals surface area (Å²) in [6.07, 6.45) is 10.9. The lowest BCUT2D eigenvalue weighted by Gasteiger charge is -2.33. The number of rotatable bonds is 9. The number of methoxy groups -OCH3 is 1. The number of nitrogens with zero attached hydrogens (tertiary/aromatic N) is 1. The van der Waals surface area contributed by atoms with Crippen LogP contribution in [0.1, 0.15) is 70.8 Å². The number of hydrogen-bond donors (Lipinski definition) is 1. The summed E-state index contributed by atoms with van der Waals surface area (Å²) in [5.41, 5.74) is 1.37. The van der Waals surface area contributed by atoms with Crippen molar-refractivity contribution in [2.24, 2.45) is 11.8 Å². The molecule has 6 heteroatoms. The number of likely N-dealkylation sites (tertiary alicyclic amines) is 1. The lowest BCUT2D eigenvalue weighted by atomic mass is 9.83. The number of nitrogens with one attached hydrogen (secondary N) is 1. The van der Waals surface area contributed by atoms with E-state index in [1.165, 1.54) is 75.3 Å². The SMILES string of the molecule is COC(=O)NC1CCC(CCCN2CCC(Cc3cc(OC(C)C)ccc3Br)CC2)CC1. The van der Waals surface area contributed by atoms with Gasteiger partial charge in [-0.25, -0.2) is 4.79 Å². The molecular weight excluding hydrogens is 468 g/mol. The van der Waals surface area contributed by atoms with Gasteiger partial charge in [0.05, 0.1) is 13.2 Å². The lowest BCUT2D eigenvalue weighted by molar-refractivity contribution is 0.157. The largest absolute Gasteiger partial charge is 0.491 e. The van der Waals surface area contributed by atoms with Gasteiger partial charge in [-0.05, 0) is 127 Å².